The fourth-order valence-corrected chi connectivity index (χ4v) is 1.42. The quantitative estimate of drug-likeness (QED) is 0.646. The van der Waals surface area contributed by atoms with Gasteiger partial charge >= 0.3 is 0 Å². The van der Waals surface area contributed by atoms with Crippen LogP contribution in [0, 0.1) is 11.6 Å². The van der Waals surface area contributed by atoms with Crippen molar-refractivity contribution >= 4 is 5.82 Å². The van der Waals surface area contributed by atoms with Crippen LogP contribution in [0.2, 0.25) is 0 Å². The number of aromatic nitrogens is 1. The van der Waals surface area contributed by atoms with Gasteiger partial charge in [0.2, 0.25) is 0 Å². The van der Waals surface area contributed by atoms with Crippen LogP contribution < -0.4 is 16.0 Å². The van der Waals surface area contributed by atoms with E-state index >= 15 is 0 Å². The second-order valence-corrected chi connectivity index (χ2v) is 3.53. The largest absolute Gasteiger partial charge is 0.483 e. The maximum atomic E-state index is 13.3. The Kier molecular flexibility index (Phi) is 3.69. The summed E-state index contributed by atoms with van der Waals surface area (Å²) in [6.45, 7) is 0.0229. The molecule has 0 atom stereocenters. The summed E-state index contributed by atoms with van der Waals surface area (Å²) in [5.74, 6) is 3.79. The van der Waals surface area contributed by atoms with Gasteiger partial charge in [-0.3, -0.25) is 0 Å². The van der Waals surface area contributed by atoms with E-state index in [1.54, 1.807) is 12.1 Å². The van der Waals surface area contributed by atoms with E-state index in [4.69, 9.17) is 10.6 Å². The maximum Gasteiger partial charge on any atom is 0.191 e. The van der Waals surface area contributed by atoms with Crippen LogP contribution in [0.1, 0.15) is 5.56 Å². The third-order valence-electron chi connectivity index (χ3n) is 2.27. The summed E-state index contributed by atoms with van der Waals surface area (Å²) < 4.78 is 31.7. The average molecular weight is 251 g/mol. The topological polar surface area (TPSA) is 60.2 Å². The van der Waals surface area contributed by atoms with Crippen molar-refractivity contribution in [2.45, 2.75) is 6.61 Å². The first kappa shape index (κ1) is 12.3. The number of ether oxygens (including phenoxy) is 1. The van der Waals surface area contributed by atoms with Gasteiger partial charge in [0.05, 0.1) is 0 Å². The van der Waals surface area contributed by atoms with E-state index in [0.29, 0.717) is 11.4 Å². The second-order valence-electron chi connectivity index (χ2n) is 3.53. The van der Waals surface area contributed by atoms with Crippen molar-refractivity contribution in [3.8, 4) is 5.75 Å². The molecule has 94 valence electrons. The zero-order valence-electron chi connectivity index (χ0n) is 9.36. The molecular formula is C12H11F2N3O. The number of hydrogen-bond donors (Lipinski definition) is 2. The van der Waals surface area contributed by atoms with Crippen molar-refractivity contribution in [3.05, 3.63) is 53.7 Å². The van der Waals surface area contributed by atoms with Crippen molar-refractivity contribution in [2.75, 3.05) is 5.43 Å². The number of nitrogen functional groups attached to an aromatic ring is 1. The highest BCUT2D eigenvalue weighted by atomic mass is 19.1. The van der Waals surface area contributed by atoms with E-state index in [1.807, 2.05) is 0 Å². The molecule has 3 N–H and O–H groups in total. The Morgan fingerprint density at radius 3 is 2.61 bits per heavy atom. The van der Waals surface area contributed by atoms with E-state index in [0.717, 1.165) is 12.1 Å². The summed E-state index contributed by atoms with van der Waals surface area (Å²) in [4.78, 5) is 3.91. The molecule has 0 fully saturated rings. The van der Waals surface area contributed by atoms with Gasteiger partial charge in [-0.1, -0.05) is 6.07 Å². The van der Waals surface area contributed by atoms with Gasteiger partial charge in [-0.15, -0.1) is 0 Å². The Bertz CT molecular complexity index is 528. The van der Waals surface area contributed by atoms with Gasteiger partial charge in [0, 0.05) is 6.20 Å². The predicted octanol–water partition coefficient (Wildman–Crippen LogP) is 2.22. The van der Waals surface area contributed by atoms with Crippen molar-refractivity contribution in [2.24, 2.45) is 5.84 Å². The first-order valence-electron chi connectivity index (χ1n) is 5.19. The molecule has 0 saturated carbocycles. The number of anilines is 1. The smallest absolute Gasteiger partial charge is 0.191 e. The fraction of sp³-hybridized carbons (Fsp3) is 0.0833. The van der Waals surface area contributed by atoms with Gasteiger partial charge in [-0.05, 0) is 29.8 Å². The second kappa shape index (κ2) is 5.42. The minimum Gasteiger partial charge on any atom is -0.483 e. The monoisotopic (exact) mass is 251 g/mol. The van der Waals surface area contributed by atoms with Crippen LogP contribution in [-0.2, 0) is 6.61 Å². The number of para-hydroxylation sites is 1. The van der Waals surface area contributed by atoms with E-state index < -0.39 is 17.4 Å². The Balaban J connectivity index is 2.11. The number of halogens is 2. The molecule has 0 amide bonds. The number of rotatable bonds is 4. The molecule has 0 unspecified atom stereocenters. The lowest BCUT2D eigenvalue weighted by Crippen LogP contribution is -2.09. The van der Waals surface area contributed by atoms with Crippen molar-refractivity contribution in [1.82, 2.24) is 4.98 Å². The minimum atomic E-state index is -0.735. The molecule has 2 aromatic rings. The number of pyridine rings is 1. The summed E-state index contributed by atoms with van der Waals surface area (Å²) in [5.41, 5.74) is 3.07. The van der Waals surface area contributed by atoms with Gasteiger partial charge in [-0.2, -0.15) is 0 Å². The zero-order chi connectivity index (χ0) is 13.0. The summed E-state index contributed by atoms with van der Waals surface area (Å²) in [6, 6.07) is 6.84. The van der Waals surface area contributed by atoms with Crippen LogP contribution in [-0.4, -0.2) is 4.98 Å². The van der Waals surface area contributed by atoms with E-state index in [2.05, 4.69) is 10.4 Å². The SMILES string of the molecule is NNc1cc(COc2c(F)cccc2F)ccn1. The first-order chi connectivity index (χ1) is 8.70. The highest BCUT2D eigenvalue weighted by Gasteiger charge is 2.09. The van der Waals surface area contributed by atoms with E-state index in [1.165, 1.54) is 12.3 Å². The molecule has 1 aromatic carbocycles. The number of nitrogens with one attached hydrogen (secondary N) is 1. The molecule has 0 aliphatic heterocycles. The molecule has 4 nitrogen and oxygen atoms in total. The predicted molar refractivity (Wildman–Crippen MR) is 62.7 cm³/mol. The van der Waals surface area contributed by atoms with Crippen molar-refractivity contribution < 1.29 is 13.5 Å². The molecule has 1 heterocycles. The lowest BCUT2D eigenvalue weighted by atomic mass is 10.2. The Morgan fingerprint density at radius 1 is 1.22 bits per heavy atom. The van der Waals surface area contributed by atoms with E-state index in [-0.39, 0.29) is 6.61 Å². The van der Waals surface area contributed by atoms with Crippen molar-refractivity contribution in [1.29, 1.82) is 0 Å². The van der Waals surface area contributed by atoms with Crippen LogP contribution in [0.4, 0.5) is 14.6 Å². The summed E-state index contributed by atoms with van der Waals surface area (Å²) in [6.07, 6.45) is 1.52. The molecule has 0 aliphatic carbocycles. The van der Waals surface area contributed by atoms with Crippen LogP contribution in [0.5, 0.6) is 5.75 Å². The lowest BCUT2D eigenvalue weighted by Gasteiger charge is -2.08. The summed E-state index contributed by atoms with van der Waals surface area (Å²) >= 11 is 0. The molecule has 18 heavy (non-hydrogen) atoms. The normalized spacial score (nSPS) is 10.2. The van der Waals surface area contributed by atoms with E-state index in [9.17, 15) is 8.78 Å². The Morgan fingerprint density at radius 2 is 1.94 bits per heavy atom. The molecule has 1 aromatic heterocycles. The highest BCUT2D eigenvalue weighted by Crippen LogP contribution is 2.22. The third kappa shape index (κ3) is 2.72. The van der Waals surface area contributed by atoms with Crippen LogP contribution in [0.25, 0.3) is 0 Å². The number of benzene rings is 1. The molecule has 6 heteroatoms. The third-order valence-corrected chi connectivity index (χ3v) is 2.27. The number of hydrogen-bond acceptors (Lipinski definition) is 4. The van der Waals surface area contributed by atoms with Gasteiger partial charge in [0.15, 0.2) is 17.4 Å². The summed E-state index contributed by atoms with van der Waals surface area (Å²) in [7, 11) is 0. The molecule has 0 aliphatic rings. The summed E-state index contributed by atoms with van der Waals surface area (Å²) in [5, 5.41) is 0. The Hall–Kier alpha value is -2.21. The molecule has 0 saturated heterocycles. The number of nitrogens with two attached hydrogens (primary N) is 1. The average Bonchev–Trinajstić information content (AvgIpc) is 2.38. The fourth-order valence-electron chi connectivity index (χ4n) is 1.42. The lowest BCUT2D eigenvalue weighted by molar-refractivity contribution is 0.274. The zero-order valence-corrected chi connectivity index (χ0v) is 9.36. The molecular weight excluding hydrogens is 240 g/mol. The molecule has 0 spiro atoms. The molecule has 2 rings (SSSR count). The van der Waals surface area contributed by atoms with Gasteiger partial charge in [0.1, 0.15) is 12.4 Å². The molecule has 0 bridgehead atoms. The maximum absolute atomic E-state index is 13.3. The molecule has 0 radical (unpaired) electrons. The Labute approximate surface area is 102 Å². The standard InChI is InChI=1S/C12H11F2N3O/c13-9-2-1-3-10(14)12(9)18-7-8-4-5-16-11(6-8)17-15/h1-6H,7,15H2,(H,16,17). The van der Waals surface area contributed by atoms with Gasteiger partial charge < -0.3 is 10.2 Å². The van der Waals surface area contributed by atoms with Crippen molar-refractivity contribution in [3.63, 3.8) is 0 Å². The minimum absolute atomic E-state index is 0.0229. The van der Waals surface area contributed by atoms with Gasteiger partial charge in [-0.25, -0.2) is 19.6 Å². The highest BCUT2D eigenvalue weighted by molar-refractivity contribution is 5.36. The van der Waals surface area contributed by atoms with Gasteiger partial charge in [0.25, 0.3) is 0 Å². The first-order valence-corrected chi connectivity index (χ1v) is 5.19. The van der Waals surface area contributed by atoms with Crippen LogP contribution in [0.3, 0.4) is 0 Å². The number of nitrogens with zero attached hydrogens (tertiary/aromatic N) is 1. The number of hydrazine groups is 1. The van der Waals surface area contributed by atoms with Crippen LogP contribution in [0.15, 0.2) is 36.5 Å². The van der Waals surface area contributed by atoms with Crippen LogP contribution >= 0.6 is 0 Å².